The molecule has 0 saturated heterocycles. The molecule has 1 aromatic carbocycles. The van der Waals surface area contributed by atoms with Crippen molar-refractivity contribution >= 4 is 29.9 Å². The Kier molecular flexibility index (Phi) is 6.65. The van der Waals surface area contributed by atoms with Gasteiger partial charge in [-0.15, -0.1) is 12.4 Å². The first-order valence-corrected chi connectivity index (χ1v) is 6.94. The summed E-state index contributed by atoms with van der Waals surface area (Å²) in [7, 11) is 0. The van der Waals surface area contributed by atoms with Crippen molar-refractivity contribution in [3.05, 3.63) is 29.8 Å². The molecule has 2 atom stereocenters. The average Bonchev–Trinajstić information content (AvgIpc) is 2.82. The van der Waals surface area contributed by atoms with Crippen LogP contribution >= 0.6 is 12.4 Å². The fourth-order valence-electron chi connectivity index (χ4n) is 2.55. The van der Waals surface area contributed by atoms with E-state index in [0.29, 0.717) is 6.54 Å². The average molecular weight is 312 g/mol. The summed E-state index contributed by atoms with van der Waals surface area (Å²) in [6, 6.07) is 7.63. The minimum absolute atomic E-state index is 0. The van der Waals surface area contributed by atoms with Crippen molar-refractivity contribution in [2.45, 2.75) is 38.8 Å². The monoisotopic (exact) mass is 311 g/mol. The second kappa shape index (κ2) is 8.00. The number of halogens is 1. The van der Waals surface area contributed by atoms with Crippen LogP contribution in [0.25, 0.3) is 0 Å². The van der Waals surface area contributed by atoms with Crippen molar-refractivity contribution in [1.29, 1.82) is 0 Å². The largest absolute Gasteiger partial charge is 0.352 e. The zero-order chi connectivity index (χ0) is 14.5. The molecule has 2 unspecified atom stereocenters. The summed E-state index contributed by atoms with van der Waals surface area (Å²) in [5.41, 5.74) is 7.52. The van der Waals surface area contributed by atoms with Crippen LogP contribution in [0.2, 0.25) is 0 Å². The third-order valence-electron chi connectivity index (χ3n) is 3.56. The van der Waals surface area contributed by atoms with E-state index in [4.69, 9.17) is 5.73 Å². The van der Waals surface area contributed by atoms with E-state index in [-0.39, 0.29) is 36.2 Å². The Morgan fingerprint density at radius 2 is 2.10 bits per heavy atom. The molecule has 2 amide bonds. The van der Waals surface area contributed by atoms with Crippen LogP contribution in [0, 0.1) is 5.92 Å². The predicted octanol–water partition coefficient (Wildman–Crippen LogP) is 1.81. The lowest BCUT2D eigenvalue weighted by Crippen LogP contribution is -2.30. The standard InChI is InChI=1S/C15H21N3O2.ClH/c1-10(19)18-14-4-2-3-11(7-14)9-17-15(20)12-5-6-13(16)8-12;/h2-4,7,12-13H,5-6,8-9,16H2,1H3,(H,17,20)(H,18,19);1H. The summed E-state index contributed by atoms with van der Waals surface area (Å²) >= 11 is 0. The zero-order valence-corrected chi connectivity index (χ0v) is 12.9. The lowest BCUT2D eigenvalue weighted by atomic mass is 10.1. The summed E-state index contributed by atoms with van der Waals surface area (Å²) in [4.78, 5) is 23.0. The number of hydrogen-bond donors (Lipinski definition) is 3. The van der Waals surface area contributed by atoms with Crippen LogP contribution < -0.4 is 16.4 Å². The number of hydrogen-bond acceptors (Lipinski definition) is 3. The van der Waals surface area contributed by atoms with Crippen LogP contribution in [0.4, 0.5) is 5.69 Å². The lowest BCUT2D eigenvalue weighted by Gasteiger charge is -2.11. The number of carbonyl (C=O) groups excluding carboxylic acids is 2. The van der Waals surface area contributed by atoms with Gasteiger partial charge in [0.25, 0.3) is 0 Å². The molecule has 1 fully saturated rings. The van der Waals surface area contributed by atoms with Crippen molar-refractivity contribution in [3.8, 4) is 0 Å². The molecule has 116 valence electrons. The molecular formula is C15H22ClN3O2. The van der Waals surface area contributed by atoms with Gasteiger partial charge >= 0.3 is 0 Å². The van der Waals surface area contributed by atoms with Crippen LogP contribution in [0.1, 0.15) is 31.7 Å². The fraction of sp³-hybridized carbons (Fsp3) is 0.467. The highest BCUT2D eigenvalue weighted by atomic mass is 35.5. The van der Waals surface area contributed by atoms with Gasteiger partial charge in [-0.05, 0) is 37.0 Å². The highest BCUT2D eigenvalue weighted by molar-refractivity contribution is 5.88. The van der Waals surface area contributed by atoms with E-state index in [1.54, 1.807) is 0 Å². The quantitative estimate of drug-likeness (QED) is 0.793. The highest BCUT2D eigenvalue weighted by Crippen LogP contribution is 2.24. The molecule has 21 heavy (non-hydrogen) atoms. The molecule has 1 aliphatic rings. The van der Waals surface area contributed by atoms with E-state index in [1.807, 2.05) is 24.3 Å². The zero-order valence-electron chi connectivity index (χ0n) is 12.1. The first-order chi connectivity index (χ1) is 9.54. The molecule has 6 heteroatoms. The molecule has 1 aliphatic carbocycles. The number of nitrogens with one attached hydrogen (secondary N) is 2. The maximum Gasteiger partial charge on any atom is 0.223 e. The van der Waals surface area contributed by atoms with Gasteiger partial charge in [-0.25, -0.2) is 0 Å². The lowest BCUT2D eigenvalue weighted by molar-refractivity contribution is -0.125. The third-order valence-corrected chi connectivity index (χ3v) is 3.56. The van der Waals surface area contributed by atoms with E-state index >= 15 is 0 Å². The number of amides is 2. The number of anilines is 1. The van der Waals surface area contributed by atoms with Gasteiger partial charge in [-0.1, -0.05) is 12.1 Å². The molecule has 0 bridgehead atoms. The van der Waals surface area contributed by atoms with Gasteiger partial charge in [0.15, 0.2) is 0 Å². The van der Waals surface area contributed by atoms with Gasteiger partial charge in [-0.2, -0.15) is 0 Å². The van der Waals surface area contributed by atoms with E-state index in [9.17, 15) is 9.59 Å². The Morgan fingerprint density at radius 1 is 1.33 bits per heavy atom. The van der Waals surface area contributed by atoms with Crippen LogP contribution in [0.5, 0.6) is 0 Å². The number of carbonyl (C=O) groups is 2. The van der Waals surface area contributed by atoms with Crippen molar-refractivity contribution in [1.82, 2.24) is 5.32 Å². The van der Waals surface area contributed by atoms with Crippen molar-refractivity contribution in [2.24, 2.45) is 11.7 Å². The minimum Gasteiger partial charge on any atom is -0.352 e. The summed E-state index contributed by atoms with van der Waals surface area (Å²) in [6.45, 7) is 1.94. The molecule has 0 aromatic heterocycles. The molecule has 0 heterocycles. The van der Waals surface area contributed by atoms with E-state index < -0.39 is 0 Å². The van der Waals surface area contributed by atoms with Crippen LogP contribution in [-0.4, -0.2) is 17.9 Å². The molecule has 1 saturated carbocycles. The maximum absolute atomic E-state index is 12.0. The van der Waals surface area contributed by atoms with E-state index in [2.05, 4.69) is 10.6 Å². The summed E-state index contributed by atoms with van der Waals surface area (Å²) in [6.07, 6.45) is 2.58. The molecule has 0 spiro atoms. The number of rotatable bonds is 4. The highest BCUT2D eigenvalue weighted by Gasteiger charge is 2.27. The Morgan fingerprint density at radius 3 is 2.71 bits per heavy atom. The van der Waals surface area contributed by atoms with Gasteiger partial charge in [0.05, 0.1) is 0 Å². The Labute approximate surface area is 131 Å². The van der Waals surface area contributed by atoms with Crippen LogP contribution in [-0.2, 0) is 16.1 Å². The second-order valence-corrected chi connectivity index (χ2v) is 5.37. The smallest absolute Gasteiger partial charge is 0.223 e. The predicted molar refractivity (Wildman–Crippen MR) is 85.2 cm³/mol. The van der Waals surface area contributed by atoms with E-state index in [0.717, 1.165) is 30.5 Å². The molecule has 5 nitrogen and oxygen atoms in total. The van der Waals surface area contributed by atoms with Gasteiger partial charge in [0.2, 0.25) is 11.8 Å². The van der Waals surface area contributed by atoms with Crippen molar-refractivity contribution < 1.29 is 9.59 Å². The number of benzene rings is 1. The minimum atomic E-state index is -0.105. The summed E-state index contributed by atoms with van der Waals surface area (Å²) in [5, 5.41) is 5.66. The van der Waals surface area contributed by atoms with Gasteiger partial charge < -0.3 is 16.4 Å². The Bertz CT molecular complexity index is 507. The van der Waals surface area contributed by atoms with Crippen LogP contribution in [0.3, 0.4) is 0 Å². The van der Waals surface area contributed by atoms with Crippen molar-refractivity contribution in [2.75, 3.05) is 5.32 Å². The molecule has 0 radical (unpaired) electrons. The SMILES string of the molecule is CC(=O)Nc1cccc(CNC(=O)C2CCC(N)C2)c1.Cl. The Balaban J connectivity index is 0.00000220. The van der Waals surface area contributed by atoms with Gasteiger partial charge in [0.1, 0.15) is 0 Å². The molecular weight excluding hydrogens is 290 g/mol. The van der Waals surface area contributed by atoms with Crippen LogP contribution in [0.15, 0.2) is 24.3 Å². The molecule has 1 aromatic rings. The van der Waals surface area contributed by atoms with Gasteiger partial charge in [-0.3, -0.25) is 9.59 Å². The van der Waals surface area contributed by atoms with Gasteiger partial charge in [0, 0.05) is 31.1 Å². The normalized spacial score (nSPS) is 20.5. The third kappa shape index (κ3) is 5.36. The summed E-state index contributed by atoms with van der Waals surface area (Å²) < 4.78 is 0. The summed E-state index contributed by atoms with van der Waals surface area (Å²) in [5.74, 6) is 0.0116. The fourth-order valence-corrected chi connectivity index (χ4v) is 2.55. The maximum atomic E-state index is 12.0. The topological polar surface area (TPSA) is 84.2 Å². The molecule has 4 N–H and O–H groups in total. The first-order valence-electron chi connectivity index (χ1n) is 6.94. The molecule has 2 rings (SSSR count). The van der Waals surface area contributed by atoms with E-state index in [1.165, 1.54) is 6.92 Å². The second-order valence-electron chi connectivity index (χ2n) is 5.37. The molecule has 0 aliphatic heterocycles. The first kappa shape index (κ1) is 17.5. The number of nitrogens with two attached hydrogens (primary N) is 1. The Hall–Kier alpha value is -1.59. The van der Waals surface area contributed by atoms with Crippen molar-refractivity contribution in [3.63, 3.8) is 0 Å².